The van der Waals surface area contributed by atoms with Crippen LogP contribution in [-0.4, -0.2) is 81.7 Å². The smallest absolute Gasteiger partial charge is 0.325 e. The molecule has 0 aliphatic rings. The maximum atomic E-state index is 13.2. The third-order valence-electron chi connectivity index (χ3n) is 5.32. The van der Waals surface area contributed by atoms with E-state index in [2.05, 4.69) is 20.9 Å². The zero-order valence-electron chi connectivity index (χ0n) is 20.9. The third-order valence-corrected chi connectivity index (χ3v) is 5.32. The van der Waals surface area contributed by atoms with Crippen LogP contribution in [0.1, 0.15) is 38.2 Å². The number of benzene rings is 1. The molecule has 210 valence electrons. The van der Waals surface area contributed by atoms with E-state index in [4.69, 9.17) is 27.4 Å². The molecule has 0 unspecified atom stereocenters. The first kappa shape index (κ1) is 31.6. The number of phenolic OH excluding ortho intramolecular Hbond substituents is 1. The van der Waals surface area contributed by atoms with Gasteiger partial charge in [-0.25, -0.2) is 0 Å². The molecule has 12 N–H and O–H groups in total. The van der Waals surface area contributed by atoms with E-state index < -0.39 is 60.2 Å². The van der Waals surface area contributed by atoms with Crippen LogP contribution in [0.15, 0.2) is 29.3 Å². The number of carboxylic acid groups (broad SMARTS) is 2. The lowest BCUT2D eigenvalue weighted by molar-refractivity contribution is -0.142. The molecule has 0 fully saturated rings. The molecule has 1 aromatic rings. The van der Waals surface area contributed by atoms with Crippen molar-refractivity contribution in [1.29, 1.82) is 0 Å². The molecule has 0 heterocycles. The van der Waals surface area contributed by atoms with Crippen LogP contribution in [0.4, 0.5) is 0 Å². The van der Waals surface area contributed by atoms with E-state index in [1.54, 1.807) is 0 Å². The number of amides is 3. The molecule has 0 saturated heterocycles. The first-order valence-corrected chi connectivity index (χ1v) is 11.7. The SMILES string of the molecule is C[C@H](NC(=O)[C@H](CCC(=O)O)NC(=O)[C@H](Cc1ccc(O)cc1)NC(=O)[C@@H](N)CCCN=C(N)N)C(=O)O. The van der Waals surface area contributed by atoms with Gasteiger partial charge < -0.3 is 48.5 Å². The lowest BCUT2D eigenvalue weighted by atomic mass is 10.0. The minimum atomic E-state index is -1.40. The average molecular weight is 538 g/mol. The monoisotopic (exact) mass is 537 g/mol. The van der Waals surface area contributed by atoms with Gasteiger partial charge in [0.2, 0.25) is 17.7 Å². The van der Waals surface area contributed by atoms with Crippen LogP contribution in [0, 0.1) is 0 Å². The average Bonchev–Trinajstić information content (AvgIpc) is 2.84. The minimum Gasteiger partial charge on any atom is -0.508 e. The van der Waals surface area contributed by atoms with Crippen LogP contribution in [0.2, 0.25) is 0 Å². The molecule has 4 atom stereocenters. The highest BCUT2D eigenvalue weighted by Gasteiger charge is 2.30. The summed E-state index contributed by atoms with van der Waals surface area (Å²) in [5.41, 5.74) is 17.0. The normalized spacial score (nSPS) is 13.7. The second-order valence-corrected chi connectivity index (χ2v) is 8.55. The molecule has 1 rings (SSSR count). The number of guanidine groups is 1. The summed E-state index contributed by atoms with van der Waals surface area (Å²) in [5, 5.41) is 34.7. The predicted molar refractivity (Wildman–Crippen MR) is 136 cm³/mol. The number of nitrogens with one attached hydrogen (secondary N) is 3. The maximum Gasteiger partial charge on any atom is 0.325 e. The molecule has 0 saturated carbocycles. The Bertz CT molecular complexity index is 1010. The highest BCUT2D eigenvalue weighted by Crippen LogP contribution is 2.12. The van der Waals surface area contributed by atoms with Crippen molar-refractivity contribution in [3.63, 3.8) is 0 Å². The number of hydrogen-bond donors (Lipinski definition) is 9. The van der Waals surface area contributed by atoms with E-state index >= 15 is 0 Å². The number of aliphatic carboxylic acids is 2. The van der Waals surface area contributed by atoms with Gasteiger partial charge in [0.15, 0.2) is 5.96 Å². The summed E-state index contributed by atoms with van der Waals surface area (Å²) in [5.74, 6) is -5.07. The van der Waals surface area contributed by atoms with Crippen molar-refractivity contribution in [1.82, 2.24) is 16.0 Å². The quantitative estimate of drug-likeness (QED) is 0.0616. The maximum absolute atomic E-state index is 13.2. The first-order chi connectivity index (χ1) is 17.8. The largest absolute Gasteiger partial charge is 0.508 e. The Kier molecular flexibility index (Phi) is 13.0. The zero-order valence-corrected chi connectivity index (χ0v) is 20.9. The predicted octanol–water partition coefficient (Wildman–Crippen LogP) is -2.26. The molecule has 0 spiro atoms. The number of aromatic hydroxyl groups is 1. The molecule has 15 nitrogen and oxygen atoms in total. The van der Waals surface area contributed by atoms with Gasteiger partial charge in [-0.05, 0) is 43.9 Å². The van der Waals surface area contributed by atoms with Crippen molar-refractivity contribution in [2.24, 2.45) is 22.2 Å². The first-order valence-electron chi connectivity index (χ1n) is 11.7. The Labute approximate surface area is 218 Å². The second kappa shape index (κ2) is 15.7. The van der Waals surface area contributed by atoms with Crippen LogP contribution >= 0.6 is 0 Å². The molecule has 15 heteroatoms. The van der Waals surface area contributed by atoms with Gasteiger partial charge in [-0.2, -0.15) is 0 Å². The number of carbonyl (C=O) groups is 5. The summed E-state index contributed by atoms with van der Waals surface area (Å²) in [6, 6.07) is 0.884. The Morgan fingerprint density at radius 2 is 1.47 bits per heavy atom. The summed E-state index contributed by atoms with van der Waals surface area (Å²) < 4.78 is 0. The number of nitrogens with zero attached hydrogens (tertiary/aromatic N) is 1. The van der Waals surface area contributed by atoms with Crippen LogP contribution < -0.4 is 33.2 Å². The van der Waals surface area contributed by atoms with Crippen molar-refractivity contribution in [3.8, 4) is 5.75 Å². The van der Waals surface area contributed by atoms with Crippen LogP contribution in [0.5, 0.6) is 5.75 Å². The fourth-order valence-electron chi connectivity index (χ4n) is 3.19. The minimum absolute atomic E-state index is 0.0143. The highest BCUT2D eigenvalue weighted by molar-refractivity contribution is 5.94. The molecule has 0 aliphatic heterocycles. The van der Waals surface area contributed by atoms with Crippen molar-refractivity contribution in [2.75, 3.05) is 6.54 Å². The van der Waals surface area contributed by atoms with E-state index in [0.29, 0.717) is 12.0 Å². The van der Waals surface area contributed by atoms with E-state index in [-0.39, 0.29) is 37.5 Å². The van der Waals surface area contributed by atoms with Crippen molar-refractivity contribution in [2.45, 2.75) is 63.2 Å². The summed E-state index contributed by atoms with van der Waals surface area (Å²) in [6.45, 7) is 1.45. The Morgan fingerprint density at radius 1 is 0.895 bits per heavy atom. The standard InChI is InChI=1S/C23H35N7O8/c1-12(22(37)38)28-20(35)16(8-9-18(32)33)29-21(36)17(11-13-4-6-14(31)7-5-13)30-19(34)15(24)3-2-10-27-23(25)26/h4-7,12,15-17,31H,2-3,8-11,24H2,1H3,(H,28,35)(H,29,36)(H,30,34)(H,32,33)(H,37,38)(H4,25,26,27)/t12-,15-,16-,17-/m0/s1. The van der Waals surface area contributed by atoms with Gasteiger partial charge in [-0.3, -0.25) is 29.0 Å². The topological polar surface area (TPSA) is 273 Å². The fourth-order valence-corrected chi connectivity index (χ4v) is 3.19. The Hall–Kier alpha value is -4.40. The van der Waals surface area contributed by atoms with Crippen LogP contribution in [0.3, 0.4) is 0 Å². The number of phenols is 1. The molecule has 0 radical (unpaired) electrons. The molecule has 0 aromatic heterocycles. The molecule has 0 bridgehead atoms. The van der Waals surface area contributed by atoms with Gasteiger partial charge in [0.1, 0.15) is 23.9 Å². The van der Waals surface area contributed by atoms with Gasteiger partial charge >= 0.3 is 11.9 Å². The molecular weight excluding hydrogens is 502 g/mol. The van der Waals surface area contributed by atoms with E-state index in [0.717, 1.165) is 0 Å². The molecule has 3 amide bonds. The van der Waals surface area contributed by atoms with Gasteiger partial charge in [0.25, 0.3) is 0 Å². The van der Waals surface area contributed by atoms with E-state index in [1.165, 1.54) is 31.2 Å². The summed E-state index contributed by atoms with van der Waals surface area (Å²) in [4.78, 5) is 64.5. The molecular formula is C23H35N7O8. The van der Waals surface area contributed by atoms with Crippen LogP contribution in [0.25, 0.3) is 0 Å². The molecule has 38 heavy (non-hydrogen) atoms. The second-order valence-electron chi connectivity index (χ2n) is 8.55. The highest BCUT2D eigenvalue weighted by atomic mass is 16.4. The van der Waals surface area contributed by atoms with E-state index in [9.17, 15) is 29.1 Å². The van der Waals surface area contributed by atoms with Crippen molar-refractivity contribution < 1.29 is 39.3 Å². The van der Waals surface area contributed by atoms with Gasteiger partial charge in [-0.15, -0.1) is 0 Å². The Balaban J connectivity index is 3.06. The number of carboxylic acids is 2. The number of hydrogen-bond acceptors (Lipinski definition) is 8. The number of carbonyl (C=O) groups excluding carboxylic acids is 3. The number of nitrogens with two attached hydrogens (primary N) is 3. The van der Waals surface area contributed by atoms with Gasteiger partial charge in [0, 0.05) is 19.4 Å². The van der Waals surface area contributed by atoms with E-state index in [1.807, 2.05) is 0 Å². The summed E-state index contributed by atoms with van der Waals surface area (Å²) in [6.07, 6.45) is -0.288. The molecule has 1 aromatic carbocycles. The fraction of sp³-hybridized carbons (Fsp3) is 0.478. The van der Waals surface area contributed by atoms with Crippen molar-refractivity contribution >= 4 is 35.6 Å². The third kappa shape index (κ3) is 12.0. The van der Waals surface area contributed by atoms with Gasteiger partial charge in [-0.1, -0.05) is 12.1 Å². The summed E-state index contributed by atoms with van der Waals surface area (Å²) >= 11 is 0. The number of aliphatic imine (C=N–C) groups is 1. The number of rotatable bonds is 16. The van der Waals surface area contributed by atoms with Crippen molar-refractivity contribution in [3.05, 3.63) is 29.8 Å². The molecule has 0 aliphatic carbocycles. The summed E-state index contributed by atoms with van der Waals surface area (Å²) in [7, 11) is 0. The Morgan fingerprint density at radius 3 is 2.03 bits per heavy atom. The lowest BCUT2D eigenvalue weighted by Crippen LogP contribution is -2.57. The van der Waals surface area contributed by atoms with Crippen LogP contribution in [-0.2, 0) is 30.4 Å². The zero-order chi connectivity index (χ0) is 28.8. The van der Waals surface area contributed by atoms with Gasteiger partial charge in [0.05, 0.1) is 6.04 Å². The lowest BCUT2D eigenvalue weighted by Gasteiger charge is -2.24.